The fraction of sp³-hybridized carbons (Fsp3) is 0.154. The van der Waals surface area contributed by atoms with Crippen LogP contribution < -0.4 is 5.43 Å². The predicted octanol–water partition coefficient (Wildman–Crippen LogP) is 2.10. The summed E-state index contributed by atoms with van der Waals surface area (Å²) in [5.74, 6) is -0.220. The van der Waals surface area contributed by atoms with Gasteiger partial charge in [0.25, 0.3) is 5.91 Å². The van der Waals surface area contributed by atoms with Crippen molar-refractivity contribution in [2.75, 3.05) is 0 Å². The molecule has 0 aliphatic rings. The van der Waals surface area contributed by atoms with Crippen LogP contribution in [0.1, 0.15) is 21.6 Å². The Balaban J connectivity index is 2.05. The fourth-order valence-electron chi connectivity index (χ4n) is 1.61. The zero-order valence-electron chi connectivity index (χ0n) is 10.6. The third-order valence-electron chi connectivity index (χ3n) is 2.54. The normalized spacial score (nSPS) is 10.9. The molecule has 0 atom stereocenters. The van der Waals surface area contributed by atoms with Crippen LogP contribution in [-0.2, 0) is 7.05 Å². The number of carbonyl (C=O) groups is 1. The number of aryl methyl sites for hydroxylation is 2. The number of rotatable bonds is 3. The standard InChI is InChI=1S/C13H13IN4O/c1-9-10(8-18(2)17-9)7-15-16-13(19)11-5-3-4-6-12(11)14/h3-8H,1-2H3,(H,16,19)/b15-7-. The molecule has 0 unspecified atom stereocenters. The van der Waals surface area contributed by atoms with E-state index < -0.39 is 0 Å². The molecule has 0 aliphatic heterocycles. The molecule has 2 aromatic rings. The van der Waals surface area contributed by atoms with E-state index >= 15 is 0 Å². The molecule has 6 heteroatoms. The molecule has 0 saturated heterocycles. The molecule has 1 N–H and O–H groups in total. The number of amides is 1. The molecule has 0 aliphatic carbocycles. The first-order chi connectivity index (χ1) is 9.08. The Labute approximate surface area is 124 Å². The van der Waals surface area contributed by atoms with Gasteiger partial charge in [0.15, 0.2) is 0 Å². The minimum Gasteiger partial charge on any atom is -0.275 e. The maximum absolute atomic E-state index is 11.9. The summed E-state index contributed by atoms with van der Waals surface area (Å²) in [7, 11) is 1.84. The van der Waals surface area contributed by atoms with Gasteiger partial charge < -0.3 is 0 Å². The van der Waals surface area contributed by atoms with E-state index in [4.69, 9.17) is 0 Å². The lowest BCUT2D eigenvalue weighted by atomic mass is 10.2. The summed E-state index contributed by atoms with van der Waals surface area (Å²) in [5.41, 5.74) is 4.88. The number of carbonyl (C=O) groups excluding carboxylic acids is 1. The van der Waals surface area contributed by atoms with Crippen LogP contribution in [0.2, 0.25) is 0 Å². The lowest BCUT2D eigenvalue weighted by Crippen LogP contribution is -2.18. The number of benzene rings is 1. The van der Waals surface area contributed by atoms with Crippen molar-refractivity contribution in [2.45, 2.75) is 6.92 Å². The second-order valence-electron chi connectivity index (χ2n) is 4.02. The van der Waals surface area contributed by atoms with Crippen LogP contribution >= 0.6 is 22.6 Å². The van der Waals surface area contributed by atoms with E-state index in [9.17, 15) is 4.79 Å². The van der Waals surface area contributed by atoms with E-state index in [1.54, 1.807) is 17.0 Å². The van der Waals surface area contributed by atoms with Gasteiger partial charge in [-0.2, -0.15) is 10.2 Å². The molecule has 0 fully saturated rings. The van der Waals surface area contributed by atoms with Crippen molar-refractivity contribution in [3.63, 3.8) is 0 Å². The molecule has 0 spiro atoms. The third-order valence-corrected chi connectivity index (χ3v) is 3.48. The topological polar surface area (TPSA) is 59.3 Å². The Morgan fingerprint density at radius 2 is 2.21 bits per heavy atom. The minimum atomic E-state index is -0.220. The highest BCUT2D eigenvalue weighted by Crippen LogP contribution is 2.10. The van der Waals surface area contributed by atoms with Gasteiger partial charge in [-0.15, -0.1) is 0 Å². The van der Waals surface area contributed by atoms with Crippen molar-refractivity contribution in [2.24, 2.45) is 12.1 Å². The molecule has 1 heterocycles. The Hall–Kier alpha value is -1.70. The Morgan fingerprint density at radius 3 is 2.84 bits per heavy atom. The Kier molecular flexibility index (Phi) is 4.31. The van der Waals surface area contributed by atoms with Crippen LogP contribution in [-0.4, -0.2) is 21.9 Å². The van der Waals surface area contributed by atoms with E-state index in [0.717, 1.165) is 14.8 Å². The van der Waals surface area contributed by atoms with Gasteiger partial charge in [-0.25, -0.2) is 5.43 Å². The molecule has 1 aromatic heterocycles. The number of hydrazone groups is 1. The maximum Gasteiger partial charge on any atom is 0.272 e. The lowest BCUT2D eigenvalue weighted by Gasteiger charge is -2.01. The van der Waals surface area contributed by atoms with Gasteiger partial charge in [0.2, 0.25) is 0 Å². The monoisotopic (exact) mass is 368 g/mol. The first-order valence-corrected chi connectivity index (χ1v) is 6.74. The fourth-order valence-corrected chi connectivity index (χ4v) is 2.24. The van der Waals surface area contributed by atoms with Gasteiger partial charge in [0.1, 0.15) is 0 Å². The van der Waals surface area contributed by atoms with Crippen molar-refractivity contribution in [3.8, 4) is 0 Å². The summed E-state index contributed by atoms with van der Waals surface area (Å²) in [6, 6.07) is 7.36. The molecule has 0 saturated carbocycles. The highest BCUT2D eigenvalue weighted by atomic mass is 127. The number of nitrogens with zero attached hydrogens (tertiary/aromatic N) is 3. The van der Waals surface area contributed by atoms with Crippen LogP contribution in [0.15, 0.2) is 35.6 Å². The minimum absolute atomic E-state index is 0.220. The number of hydrogen-bond acceptors (Lipinski definition) is 3. The third kappa shape index (κ3) is 3.40. The molecule has 1 amide bonds. The van der Waals surface area contributed by atoms with Gasteiger partial charge in [0.05, 0.1) is 17.5 Å². The molecule has 0 bridgehead atoms. The van der Waals surface area contributed by atoms with Gasteiger partial charge in [-0.05, 0) is 41.6 Å². The first kappa shape index (κ1) is 13.7. The van der Waals surface area contributed by atoms with Crippen molar-refractivity contribution in [1.29, 1.82) is 0 Å². The summed E-state index contributed by atoms with van der Waals surface area (Å²) in [6.45, 7) is 1.89. The summed E-state index contributed by atoms with van der Waals surface area (Å²) in [6.07, 6.45) is 3.44. The second-order valence-corrected chi connectivity index (χ2v) is 5.18. The van der Waals surface area contributed by atoms with E-state index in [1.165, 1.54) is 0 Å². The molecule has 5 nitrogen and oxygen atoms in total. The van der Waals surface area contributed by atoms with Gasteiger partial charge >= 0.3 is 0 Å². The largest absolute Gasteiger partial charge is 0.275 e. The van der Waals surface area contributed by atoms with Crippen LogP contribution in [0.3, 0.4) is 0 Å². The quantitative estimate of drug-likeness (QED) is 0.513. The van der Waals surface area contributed by atoms with E-state index in [-0.39, 0.29) is 5.91 Å². The van der Waals surface area contributed by atoms with E-state index in [1.807, 2.05) is 38.4 Å². The van der Waals surface area contributed by atoms with Gasteiger partial charge in [-0.1, -0.05) is 12.1 Å². The van der Waals surface area contributed by atoms with Crippen molar-refractivity contribution < 1.29 is 4.79 Å². The van der Waals surface area contributed by atoms with Crippen molar-refractivity contribution >= 4 is 34.7 Å². The Bertz CT molecular complexity index is 633. The van der Waals surface area contributed by atoms with E-state index in [2.05, 4.69) is 38.2 Å². The zero-order valence-corrected chi connectivity index (χ0v) is 12.7. The molecule has 98 valence electrons. The summed E-state index contributed by atoms with van der Waals surface area (Å²) in [5, 5.41) is 8.14. The van der Waals surface area contributed by atoms with Crippen LogP contribution in [0, 0.1) is 10.5 Å². The zero-order chi connectivity index (χ0) is 13.8. The van der Waals surface area contributed by atoms with Crippen molar-refractivity contribution in [3.05, 3.63) is 50.9 Å². The summed E-state index contributed by atoms with van der Waals surface area (Å²) >= 11 is 2.12. The number of nitrogens with one attached hydrogen (secondary N) is 1. The smallest absolute Gasteiger partial charge is 0.272 e. The molecule has 2 rings (SSSR count). The summed E-state index contributed by atoms with van der Waals surface area (Å²) < 4.78 is 2.60. The molecule has 19 heavy (non-hydrogen) atoms. The van der Waals surface area contributed by atoms with Crippen LogP contribution in [0.25, 0.3) is 0 Å². The average Bonchev–Trinajstić information content (AvgIpc) is 2.68. The molecule has 0 radical (unpaired) electrons. The highest BCUT2D eigenvalue weighted by molar-refractivity contribution is 14.1. The van der Waals surface area contributed by atoms with E-state index in [0.29, 0.717) is 5.56 Å². The van der Waals surface area contributed by atoms with Crippen LogP contribution in [0.5, 0.6) is 0 Å². The molecular formula is C13H13IN4O. The number of hydrogen-bond donors (Lipinski definition) is 1. The second kappa shape index (κ2) is 5.96. The van der Waals surface area contributed by atoms with Crippen molar-refractivity contribution in [1.82, 2.24) is 15.2 Å². The Morgan fingerprint density at radius 1 is 1.47 bits per heavy atom. The lowest BCUT2D eigenvalue weighted by molar-refractivity contribution is 0.0954. The molecule has 1 aromatic carbocycles. The van der Waals surface area contributed by atoms with Gasteiger partial charge in [0, 0.05) is 22.4 Å². The maximum atomic E-state index is 11.9. The van der Waals surface area contributed by atoms with Gasteiger partial charge in [-0.3, -0.25) is 9.48 Å². The SMILES string of the molecule is Cc1nn(C)cc1/C=N\NC(=O)c1ccccc1I. The number of halogens is 1. The molecular weight excluding hydrogens is 355 g/mol. The number of aromatic nitrogens is 2. The predicted molar refractivity (Wildman–Crippen MR) is 82.2 cm³/mol. The van der Waals surface area contributed by atoms with Crippen LogP contribution in [0.4, 0.5) is 0 Å². The average molecular weight is 368 g/mol. The highest BCUT2D eigenvalue weighted by Gasteiger charge is 2.07. The summed E-state index contributed by atoms with van der Waals surface area (Å²) in [4.78, 5) is 11.9. The first-order valence-electron chi connectivity index (χ1n) is 5.66.